The first kappa shape index (κ1) is 22.7. The third kappa shape index (κ3) is 3.44. The van der Waals surface area contributed by atoms with Crippen LogP contribution in [0.1, 0.15) is 31.4 Å². The molecule has 5 rings (SSSR count). The Hall–Kier alpha value is -3.10. The van der Waals surface area contributed by atoms with Gasteiger partial charge in [-0.3, -0.25) is 19.4 Å². The third-order valence-electron chi connectivity index (χ3n) is 7.80. The molecule has 1 N–H and O–H groups in total. The second-order valence-electron chi connectivity index (χ2n) is 10.1. The van der Waals surface area contributed by atoms with E-state index >= 15 is 0 Å². The van der Waals surface area contributed by atoms with Gasteiger partial charge in [-0.1, -0.05) is 44.2 Å². The molecule has 4 atom stereocenters. The Morgan fingerprint density at radius 1 is 1.21 bits per heavy atom. The summed E-state index contributed by atoms with van der Waals surface area (Å²) in [4.78, 5) is 37.4. The van der Waals surface area contributed by atoms with Crippen molar-refractivity contribution < 1.29 is 19.5 Å². The summed E-state index contributed by atoms with van der Waals surface area (Å²) < 4.78 is 0. The molecule has 2 saturated heterocycles. The summed E-state index contributed by atoms with van der Waals surface area (Å²) >= 11 is 0. The first-order valence-corrected chi connectivity index (χ1v) is 11.8. The van der Waals surface area contributed by atoms with Gasteiger partial charge in [-0.05, 0) is 42.8 Å². The SMILES string of the molecule is C[C@H]1CN(OCc2ccccc2)C(=O)[C@H]1N(C(=O)O)c1ccc2c(c1)[C@]1(C)CCN(C)C1N2C. The zero-order chi connectivity index (χ0) is 24.2. The molecule has 2 fully saturated rings. The van der Waals surface area contributed by atoms with Crippen LogP contribution in [0.4, 0.5) is 16.2 Å². The highest BCUT2D eigenvalue weighted by Gasteiger charge is 2.53. The smallest absolute Gasteiger partial charge is 0.412 e. The zero-order valence-electron chi connectivity index (χ0n) is 20.1. The molecule has 2 amide bonds. The number of likely N-dealkylation sites (N-methyl/N-ethyl adjacent to an activating group) is 2. The summed E-state index contributed by atoms with van der Waals surface area (Å²) in [5.41, 5.74) is 3.66. The molecule has 3 heterocycles. The lowest BCUT2D eigenvalue weighted by Crippen LogP contribution is -2.47. The van der Waals surface area contributed by atoms with Gasteiger partial charge in [-0.2, -0.15) is 0 Å². The fraction of sp³-hybridized carbons (Fsp3) is 0.462. The molecule has 0 aliphatic carbocycles. The maximum atomic E-state index is 13.3. The number of likely N-dealkylation sites (tertiary alicyclic amines) is 1. The summed E-state index contributed by atoms with van der Waals surface area (Å²) in [6, 6.07) is 14.6. The topological polar surface area (TPSA) is 76.6 Å². The zero-order valence-corrected chi connectivity index (χ0v) is 20.1. The van der Waals surface area contributed by atoms with E-state index in [1.165, 1.54) is 9.96 Å². The number of hydrogen-bond donors (Lipinski definition) is 1. The largest absolute Gasteiger partial charge is 0.465 e. The average Bonchev–Trinajstić information content (AvgIpc) is 3.36. The highest BCUT2D eigenvalue weighted by molar-refractivity contribution is 5.98. The van der Waals surface area contributed by atoms with Gasteiger partial charge in [0, 0.05) is 36.3 Å². The highest BCUT2D eigenvalue weighted by atomic mass is 16.7. The Bertz CT molecular complexity index is 1110. The van der Waals surface area contributed by atoms with E-state index in [0.29, 0.717) is 12.2 Å². The van der Waals surface area contributed by atoms with E-state index in [-0.39, 0.29) is 30.0 Å². The van der Waals surface area contributed by atoms with Gasteiger partial charge >= 0.3 is 6.09 Å². The van der Waals surface area contributed by atoms with Crippen molar-refractivity contribution in [1.82, 2.24) is 9.96 Å². The van der Waals surface area contributed by atoms with Gasteiger partial charge in [0.2, 0.25) is 0 Å². The van der Waals surface area contributed by atoms with E-state index in [4.69, 9.17) is 4.84 Å². The van der Waals surface area contributed by atoms with Crippen LogP contribution in [0.5, 0.6) is 0 Å². The van der Waals surface area contributed by atoms with E-state index in [0.717, 1.165) is 29.8 Å². The van der Waals surface area contributed by atoms with Crippen LogP contribution in [0.25, 0.3) is 0 Å². The molecular weight excluding hydrogens is 432 g/mol. The third-order valence-corrected chi connectivity index (χ3v) is 7.80. The number of fused-ring (bicyclic) bond motifs is 3. The molecule has 0 spiro atoms. The quantitative estimate of drug-likeness (QED) is 0.730. The van der Waals surface area contributed by atoms with E-state index in [1.807, 2.05) is 55.5 Å². The maximum absolute atomic E-state index is 13.3. The Kier molecular flexibility index (Phi) is 5.53. The van der Waals surface area contributed by atoms with Crippen LogP contribution in [0.2, 0.25) is 0 Å². The van der Waals surface area contributed by atoms with Gasteiger partial charge in [0.1, 0.15) is 12.6 Å². The molecule has 0 radical (unpaired) electrons. The molecule has 2 aromatic carbocycles. The standard InChI is InChI=1S/C26H32N4O4/c1-17-15-29(34-16-18-8-6-5-7-9-18)23(31)22(17)30(25(32)33)19-10-11-21-20(14-19)26(2)12-13-27(3)24(26)28(21)4/h5-11,14,17,22,24H,12-13,15-16H2,1-4H3,(H,32,33)/t17-,22-,24?,26-/m0/s1. The predicted octanol–water partition coefficient (Wildman–Crippen LogP) is 3.52. The number of benzene rings is 2. The van der Waals surface area contributed by atoms with Gasteiger partial charge in [-0.25, -0.2) is 9.86 Å². The van der Waals surface area contributed by atoms with Gasteiger partial charge < -0.3 is 10.0 Å². The number of rotatable bonds is 5. The van der Waals surface area contributed by atoms with Crippen molar-refractivity contribution in [1.29, 1.82) is 0 Å². The van der Waals surface area contributed by atoms with Crippen molar-refractivity contribution >= 4 is 23.4 Å². The second-order valence-corrected chi connectivity index (χ2v) is 10.1. The molecule has 3 aliphatic rings. The molecule has 2 aromatic rings. The number of hydrogen-bond acceptors (Lipinski definition) is 5. The number of nitrogens with zero attached hydrogens (tertiary/aromatic N) is 4. The monoisotopic (exact) mass is 464 g/mol. The average molecular weight is 465 g/mol. The van der Waals surface area contributed by atoms with Gasteiger partial charge in [0.05, 0.1) is 12.7 Å². The fourth-order valence-corrected chi connectivity index (χ4v) is 6.15. The molecule has 0 aromatic heterocycles. The van der Waals surface area contributed by atoms with Crippen molar-refractivity contribution in [2.24, 2.45) is 5.92 Å². The number of carbonyl (C=O) groups excluding carboxylic acids is 1. The van der Waals surface area contributed by atoms with Gasteiger partial charge in [0.15, 0.2) is 0 Å². The first-order chi connectivity index (χ1) is 16.2. The second kappa shape index (κ2) is 8.29. The molecule has 8 nitrogen and oxygen atoms in total. The van der Waals surface area contributed by atoms with E-state index in [1.54, 1.807) is 0 Å². The van der Waals surface area contributed by atoms with Crippen LogP contribution in [-0.2, 0) is 21.7 Å². The van der Waals surface area contributed by atoms with Crippen LogP contribution in [0, 0.1) is 5.92 Å². The van der Waals surface area contributed by atoms with Crippen molar-refractivity contribution in [2.75, 3.05) is 37.0 Å². The number of amides is 2. The van der Waals surface area contributed by atoms with Crippen molar-refractivity contribution in [3.8, 4) is 0 Å². The normalized spacial score (nSPS) is 28.4. The minimum Gasteiger partial charge on any atom is -0.465 e. The minimum atomic E-state index is -1.13. The van der Waals surface area contributed by atoms with Crippen LogP contribution < -0.4 is 9.80 Å². The number of carbonyl (C=O) groups is 2. The molecule has 0 saturated carbocycles. The number of hydroxylamine groups is 2. The van der Waals surface area contributed by atoms with Crippen LogP contribution in [0.15, 0.2) is 48.5 Å². The first-order valence-electron chi connectivity index (χ1n) is 11.8. The Morgan fingerprint density at radius 2 is 1.94 bits per heavy atom. The molecule has 180 valence electrons. The van der Waals surface area contributed by atoms with Gasteiger partial charge in [0.25, 0.3) is 5.91 Å². The van der Waals surface area contributed by atoms with Crippen LogP contribution in [-0.4, -0.2) is 66.5 Å². The minimum absolute atomic E-state index is 0.0881. The van der Waals surface area contributed by atoms with E-state index in [9.17, 15) is 14.7 Å². The van der Waals surface area contributed by atoms with Crippen molar-refractivity contribution in [3.63, 3.8) is 0 Å². The molecule has 1 unspecified atom stereocenters. The number of anilines is 2. The lowest BCUT2D eigenvalue weighted by Gasteiger charge is -2.32. The summed E-state index contributed by atoms with van der Waals surface area (Å²) in [5.74, 6) is -0.538. The van der Waals surface area contributed by atoms with E-state index < -0.39 is 12.1 Å². The van der Waals surface area contributed by atoms with Gasteiger partial charge in [-0.15, -0.1) is 0 Å². The summed E-state index contributed by atoms with van der Waals surface area (Å²) in [5, 5.41) is 11.5. The fourth-order valence-electron chi connectivity index (χ4n) is 6.15. The molecule has 8 heteroatoms. The summed E-state index contributed by atoms with van der Waals surface area (Å²) in [6.45, 7) is 5.75. The lowest BCUT2D eigenvalue weighted by molar-refractivity contribution is -0.183. The highest BCUT2D eigenvalue weighted by Crippen LogP contribution is 2.52. The maximum Gasteiger partial charge on any atom is 0.412 e. The van der Waals surface area contributed by atoms with E-state index in [2.05, 4.69) is 30.8 Å². The number of carboxylic acid groups (broad SMARTS) is 1. The van der Waals surface area contributed by atoms with Crippen LogP contribution in [0.3, 0.4) is 0 Å². The van der Waals surface area contributed by atoms with Crippen molar-refractivity contribution in [3.05, 3.63) is 59.7 Å². The predicted molar refractivity (Wildman–Crippen MR) is 130 cm³/mol. The lowest BCUT2D eigenvalue weighted by atomic mass is 9.81. The Morgan fingerprint density at radius 3 is 2.65 bits per heavy atom. The summed E-state index contributed by atoms with van der Waals surface area (Å²) in [6.07, 6.45) is 0.110. The van der Waals surface area contributed by atoms with Crippen LogP contribution >= 0.6 is 0 Å². The molecule has 3 aliphatic heterocycles. The Labute approximate surface area is 200 Å². The molecule has 0 bridgehead atoms. The summed E-state index contributed by atoms with van der Waals surface area (Å²) in [7, 11) is 4.22. The Balaban J connectivity index is 1.42. The molecular formula is C26H32N4O4. The van der Waals surface area contributed by atoms with Crippen molar-refractivity contribution in [2.45, 2.75) is 44.5 Å². The molecule has 34 heavy (non-hydrogen) atoms.